The summed E-state index contributed by atoms with van der Waals surface area (Å²) >= 11 is 0. The Morgan fingerprint density at radius 2 is 2.25 bits per heavy atom. The van der Waals surface area contributed by atoms with Crippen molar-refractivity contribution in [2.24, 2.45) is 5.73 Å². The van der Waals surface area contributed by atoms with Gasteiger partial charge in [0.1, 0.15) is 5.82 Å². The second-order valence-corrected chi connectivity index (χ2v) is 3.90. The Bertz CT molecular complexity index is 379. The molecule has 0 saturated carbocycles. The Morgan fingerprint density at radius 1 is 1.56 bits per heavy atom. The van der Waals surface area contributed by atoms with Gasteiger partial charge in [-0.15, -0.1) is 0 Å². The van der Waals surface area contributed by atoms with Crippen molar-refractivity contribution in [3.8, 4) is 0 Å². The van der Waals surface area contributed by atoms with E-state index >= 15 is 0 Å². The van der Waals surface area contributed by atoms with Gasteiger partial charge in [0.15, 0.2) is 0 Å². The quantitative estimate of drug-likeness (QED) is 0.788. The number of hydrogen-bond donors (Lipinski definition) is 2. The molecular formula is C12H17FN2O. The van der Waals surface area contributed by atoms with Crippen molar-refractivity contribution in [1.29, 1.82) is 0 Å². The number of hydrogen-bond acceptors (Lipinski definition) is 2. The molecule has 16 heavy (non-hydrogen) atoms. The molecule has 3 nitrogen and oxygen atoms in total. The van der Waals surface area contributed by atoms with Gasteiger partial charge in [-0.25, -0.2) is 4.39 Å². The van der Waals surface area contributed by atoms with Gasteiger partial charge in [0.2, 0.25) is 5.91 Å². The smallest absolute Gasteiger partial charge is 0.234 e. The van der Waals surface area contributed by atoms with Crippen LogP contribution in [0.15, 0.2) is 18.2 Å². The summed E-state index contributed by atoms with van der Waals surface area (Å²) in [6, 6.07) is 4.38. The van der Waals surface area contributed by atoms with Crippen LogP contribution in [0.1, 0.15) is 18.1 Å². The molecule has 1 aromatic carbocycles. The molecule has 3 N–H and O–H groups in total. The lowest BCUT2D eigenvalue weighted by Crippen LogP contribution is -2.39. The van der Waals surface area contributed by atoms with Crippen molar-refractivity contribution in [3.63, 3.8) is 0 Å². The summed E-state index contributed by atoms with van der Waals surface area (Å²) in [4.78, 5) is 10.8. The first-order valence-corrected chi connectivity index (χ1v) is 5.28. The molecule has 0 spiro atoms. The van der Waals surface area contributed by atoms with Crippen molar-refractivity contribution in [1.82, 2.24) is 5.32 Å². The van der Waals surface area contributed by atoms with E-state index in [2.05, 4.69) is 5.32 Å². The molecule has 1 rings (SSSR count). The number of carbonyl (C=O) groups is 1. The number of rotatable bonds is 5. The number of benzene rings is 1. The maximum absolute atomic E-state index is 12.8. The van der Waals surface area contributed by atoms with Gasteiger partial charge in [0.25, 0.3) is 0 Å². The number of carbonyl (C=O) groups excluding carboxylic acids is 1. The highest BCUT2D eigenvalue weighted by Crippen LogP contribution is 2.10. The molecule has 1 atom stereocenters. The average molecular weight is 224 g/mol. The van der Waals surface area contributed by atoms with E-state index < -0.39 is 0 Å². The van der Waals surface area contributed by atoms with E-state index in [1.165, 1.54) is 12.1 Å². The van der Waals surface area contributed by atoms with E-state index in [-0.39, 0.29) is 17.8 Å². The molecule has 0 bridgehead atoms. The number of amides is 1. The van der Waals surface area contributed by atoms with Gasteiger partial charge in [-0.05, 0) is 50.1 Å². The second-order valence-electron chi connectivity index (χ2n) is 3.90. The van der Waals surface area contributed by atoms with E-state index in [0.717, 1.165) is 17.5 Å². The molecule has 0 fully saturated rings. The molecule has 1 amide bonds. The minimum atomic E-state index is -0.365. The highest BCUT2D eigenvalue weighted by atomic mass is 19.1. The molecule has 1 unspecified atom stereocenters. The van der Waals surface area contributed by atoms with Crippen LogP contribution in [0.5, 0.6) is 0 Å². The van der Waals surface area contributed by atoms with Crippen LogP contribution in [-0.2, 0) is 11.2 Å². The Balaban J connectivity index is 2.46. The molecule has 4 heteroatoms. The van der Waals surface area contributed by atoms with E-state index in [1.807, 2.05) is 6.92 Å². The summed E-state index contributed by atoms with van der Waals surface area (Å²) in [6.45, 7) is 4.24. The lowest BCUT2D eigenvalue weighted by molar-refractivity contribution is -0.119. The fourth-order valence-electron chi connectivity index (χ4n) is 1.46. The van der Waals surface area contributed by atoms with Gasteiger partial charge in [-0.3, -0.25) is 4.79 Å². The van der Waals surface area contributed by atoms with Gasteiger partial charge in [0.05, 0.1) is 6.04 Å². The number of nitrogens with one attached hydrogen (secondary N) is 1. The van der Waals surface area contributed by atoms with Crippen LogP contribution in [0.4, 0.5) is 4.39 Å². The summed E-state index contributed by atoms with van der Waals surface area (Å²) in [7, 11) is 0. The van der Waals surface area contributed by atoms with E-state index in [9.17, 15) is 9.18 Å². The monoisotopic (exact) mass is 224 g/mol. The summed E-state index contributed by atoms with van der Waals surface area (Å²) in [5.41, 5.74) is 7.11. The van der Waals surface area contributed by atoms with Crippen molar-refractivity contribution in [2.45, 2.75) is 26.3 Å². The highest BCUT2D eigenvalue weighted by molar-refractivity contribution is 5.79. The third-order valence-electron chi connectivity index (χ3n) is 2.58. The van der Waals surface area contributed by atoms with Gasteiger partial charge < -0.3 is 11.1 Å². The molecular weight excluding hydrogens is 207 g/mol. The van der Waals surface area contributed by atoms with Crippen LogP contribution < -0.4 is 11.1 Å². The first kappa shape index (κ1) is 12.6. The normalized spacial score (nSPS) is 12.4. The molecule has 88 valence electrons. The standard InChI is InChI=1S/C12H17FN2O/c1-8-7-11(13)4-3-10(8)5-6-15-9(2)12(14)16/h3-4,7,9,15H,5-6H2,1-2H3,(H2,14,16). The molecule has 0 aliphatic heterocycles. The summed E-state index contributed by atoms with van der Waals surface area (Å²) in [6.07, 6.45) is 0.754. The lowest BCUT2D eigenvalue weighted by atomic mass is 10.1. The topological polar surface area (TPSA) is 55.1 Å². The molecule has 0 saturated heterocycles. The zero-order valence-corrected chi connectivity index (χ0v) is 9.59. The van der Waals surface area contributed by atoms with Crippen LogP contribution >= 0.6 is 0 Å². The lowest BCUT2D eigenvalue weighted by Gasteiger charge is -2.11. The fourth-order valence-corrected chi connectivity index (χ4v) is 1.46. The Morgan fingerprint density at radius 3 is 2.81 bits per heavy atom. The minimum Gasteiger partial charge on any atom is -0.368 e. The summed E-state index contributed by atoms with van der Waals surface area (Å²) in [5.74, 6) is -0.587. The van der Waals surface area contributed by atoms with E-state index in [1.54, 1.807) is 13.0 Å². The van der Waals surface area contributed by atoms with Crippen molar-refractivity contribution < 1.29 is 9.18 Å². The van der Waals surface area contributed by atoms with Gasteiger partial charge in [-0.2, -0.15) is 0 Å². The summed E-state index contributed by atoms with van der Waals surface area (Å²) < 4.78 is 12.8. The third-order valence-corrected chi connectivity index (χ3v) is 2.58. The zero-order chi connectivity index (χ0) is 12.1. The number of halogens is 1. The summed E-state index contributed by atoms with van der Waals surface area (Å²) in [5, 5.41) is 3.00. The largest absolute Gasteiger partial charge is 0.368 e. The van der Waals surface area contributed by atoms with Crippen LogP contribution in [0.3, 0.4) is 0 Å². The van der Waals surface area contributed by atoms with Crippen LogP contribution in [0, 0.1) is 12.7 Å². The Hall–Kier alpha value is -1.42. The van der Waals surface area contributed by atoms with Crippen molar-refractivity contribution in [2.75, 3.05) is 6.54 Å². The Kier molecular flexibility index (Phi) is 4.43. The number of aryl methyl sites for hydroxylation is 1. The SMILES string of the molecule is Cc1cc(F)ccc1CCNC(C)C(N)=O. The van der Waals surface area contributed by atoms with Gasteiger partial charge in [0, 0.05) is 0 Å². The average Bonchev–Trinajstić information content (AvgIpc) is 2.20. The van der Waals surface area contributed by atoms with Crippen molar-refractivity contribution in [3.05, 3.63) is 35.1 Å². The third kappa shape index (κ3) is 3.62. The molecule has 0 aliphatic rings. The molecule has 1 aromatic rings. The second kappa shape index (κ2) is 5.61. The Labute approximate surface area is 94.8 Å². The first-order valence-electron chi connectivity index (χ1n) is 5.28. The number of nitrogens with two attached hydrogens (primary N) is 1. The predicted molar refractivity (Wildman–Crippen MR) is 61.5 cm³/mol. The van der Waals surface area contributed by atoms with Gasteiger partial charge >= 0.3 is 0 Å². The first-order chi connectivity index (χ1) is 7.50. The number of primary amides is 1. The fraction of sp³-hybridized carbons (Fsp3) is 0.417. The highest BCUT2D eigenvalue weighted by Gasteiger charge is 2.07. The molecule has 0 aliphatic carbocycles. The van der Waals surface area contributed by atoms with Crippen molar-refractivity contribution >= 4 is 5.91 Å². The van der Waals surface area contributed by atoms with Crippen LogP contribution in [0.2, 0.25) is 0 Å². The van der Waals surface area contributed by atoms with Crippen LogP contribution in [0.25, 0.3) is 0 Å². The van der Waals surface area contributed by atoms with E-state index in [0.29, 0.717) is 6.54 Å². The zero-order valence-electron chi connectivity index (χ0n) is 9.59. The maximum Gasteiger partial charge on any atom is 0.234 e. The van der Waals surface area contributed by atoms with Crippen LogP contribution in [-0.4, -0.2) is 18.5 Å². The minimum absolute atomic E-state index is 0.222. The van der Waals surface area contributed by atoms with E-state index in [4.69, 9.17) is 5.73 Å². The molecule has 0 radical (unpaired) electrons. The maximum atomic E-state index is 12.8. The van der Waals surface area contributed by atoms with Gasteiger partial charge in [-0.1, -0.05) is 6.07 Å². The predicted octanol–water partition coefficient (Wildman–Crippen LogP) is 1.14. The molecule has 0 aromatic heterocycles. The molecule has 0 heterocycles.